The maximum absolute atomic E-state index is 5.66. The summed E-state index contributed by atoms with van der Waals surface area (Å²) < 4.78 is 7.37. The van der Waals surface area contributed by atoms with E-state index in [1.165, 1.54) is 6.33 Å². The van der Waals surface area contributed by atoms with Crippen molar-refractivity contribution in [1.82, 2.24) is 19.9 Å². The zero-order chi connectivity index (χ0) is 11.4. The molecule has 0 aliphatic rings. The van der Waals surface area contributed by atoms with E-state index in [0.717, 1.165) is 30.2 Å². The van der Waals surface area contributed by atoms with Crippen LogP contribution in [-0.2, 0) is 0 Å². The van der Waals surface area contributed by atoms with Gasteiger partial charge in [0, 0.05) is 12.6 Å². The lowest BCUT2D eigenvalue weighted by Crippen LogP contribution is -2.21. The van der Waals surface area contributed by atoms with Gasteiger partial charge in [-0.05, 0) is 25.1 Å². The number of nitrogens with zero attached hydrogens (tertiary/aromatic N) is 3. The van der Waals surface area contributed by atoms with Crippen molar-refractivity contribution in [2.75, 3.05) is 19.7 Å². The number of rotatable bonds is 5. The van der Waals surface area contributed by atoms with Gasteiger partial charge in [0.15, 0.2) is 5.65 Å². The Labute approximate surface area is 94.4 Å². The Hall–Kier alpha value is -1.62. The summed E-state index contributed by atoms with van der Waals surface area (Å²) >= 11 is 0. The highest BCUT2D eigenvalue weighted by atomic mass is 16.5. The van der Waals surface area contributed by atoms with Crippen LogP contribution < -0.4 is 10.1 Å². The number of hydrogen-bond acceptors (Lipinski definition) is 4. The zero-order valence-electron chi connectivity index (χ0n) is 9.60. The molecule has 16 heavy (non-hydrogen) atoms. The lowest BCUT2D eigenvalue weighted by atomic mass is 10.3. The summed E-state index contributed by atoms with van der Waals surface area (Å²) in [5.41, 5.74) is 1.94. The minimum absolute atomic E-state index is 0.631. The van der Waals surface area contributed by atoms with Crippen LogP contribution in [0.2, 0.25) is 0 Å². The second kappa shape index (κ2) is 4.94. The fraction of sp³-hybridized carbons (Fsp3) is 0.455. The van der Waals surface area contributed by atoms with Crippen LogP contribution in [0.1, 0.15) is 12.5 Å². The predicted molar refractivity (Wildman–Crippen MR) is 61.8 cm³/mol. The average molecular weight is 220 g/mol. The first-order valence-corrected chi connectivity index (χ1v) is 5.45. The standard InChI is InChI=1S/C11H16N4O/c1-3-12-4-5-16-11-7-9(2)6-10-13-8-14-15(10)11/h6-8,12H,3-5H2,1-2H3. The molecule has 5 heteroatoms. The molecule has 0 amide bonds. The Balaban J connectivity index is 2.12. The van der Waals surface area contributed by atoms with Gasteiger partial charge in [0.25, 0.3) is 0 Å². The molecular formula is C11H16N4O. The Bertz CT molecular complexity index is 466. The number of aryl methyl sites for hydroxylation is 1. The fourth-order valence-electron chi connectivity index (χ4n) is 1.53. The van der Waals surface area contributed by atoms with Gasteiger partial charge in [0.2, 0.25) is 5.88 Å². The second-order valence-electron chi connectivity index (χ2n) is 3.60. The first-order valence-electron chi connectivity index (χ1n) is 5.45. The molecular weight excluding hydrogens is 204 g/mol. The summed E-state index contributed by atoms with van der Waals surface area (Å²) in [6.07, 6.45) is 1.53. The van der Waals surface area contributed by atoms with Crippen LogP contribution in [0, 0.1) is 6.92 Å². The fourth-order valence-corrected chi connectivity index (χ4v) is 1.53. The van der Waals surface area contributed by atoms with Gasteiger partial charge >= 0.3 is 0 Å². The number of nitrogens with one attached hydrogen (secondary N) is 1. The number of likely N-dealkylation sites (N-methyl/N-ethyl adjacent to an activating group) is 1. The van der Waals surface area contributed by atoms with Crippen LogP contribution >= 0.6 is 0 Å². The van der Waals surface area contributed by atoms with Crippen LogP contribution in [-0.4, -0.2) is 34.3 Å². The van der Waals surface area contributed by atoms with E-state index in [1.54, 1.807) is 4.52 Å². The molecule has 2 heterocycles. The number of pyridine rings is 1. The molecule has 0 bridgehead atoms. The SMILES string of the molecule is CCNCCOc1cc(C)cc2ncnn12. The van der Waals surface area contributed by atoms with Crippen molar-refractivity contribution in [2.45, 2.75) is 13.8 Å². The summed E-state index contributed by atoms with van der Waals surface area (Å²) in [6.45, 7) is 6.51. The van der Waals surface area contributed by atoms with E-state index in [2.05, 4.69) is 22.3 Å². The zero-order valence-corrected chi connectivity index (χ0v) is 9.60. The van der Waals surface area contributed by atoms with E-state index in [-0.39, 0.29) is 0 Å². The van der Waals surface area contributed by atoms with Crippen molar-refractivity contribution >= 4 is 5.65 Å². The molecule has 2 aromatic heterocycles. The summed E-state index contributed by atoms with van der Waals surface area (Å²) in [7, 11) is 0. The topological polar surface area (TPSA) is 51.5 Å². The maximum atomic E-state index is 5.66. The van der Waals surface area contributed by atoms with E-state index in [9.17, 15) is 0 Å². The summed E-state index contributed by atoms with van der Waals surface area (Å²) in [5.74, 6) is 0.741. The van der Waals surface area contributed by atoms with Gasteiger partial charge in [0.1, 0.15) is 12.9 Å². The van der Waals surface area contributed by atoms with Gasteiger partial charge < -0.3 is 10.1 Å². The smallest absolute Gasteiger partial charge is 0.216 e. The highest BCUT2D eigenvalue weighted by molar-refractivity contribution is 5.43. The second-order valence-corrected chi connectivity index (χ2v) is 3.60. The molecule has 2 rings (SSSR count). The first-order chi connectivity index (χ1) is 7.81. The van der Waals surface area contributed by atoms with Crippen molar-refractivity contribution in [3.8, 4) is 5.88 Å². The molecule has 5 nitrogen and oxygen atoms in total. The number of hydrogen-bond donors (Lipinski definition) is 1. The van der Waals surface area contributed by atoms with Crippen LogP contribution in [0.5, 0.6) is 5.88 Å². The van der Waals surface area contributed by atoms with Crippen molar-refractivity contribution in [1.29, 1.82) is 0 Å². The molecule has 0 aliphatic carbocycles. The van der Waals surface area contributed by atoms with Crippen molar-refractivity contribution < 1.29 is 4.74 Å². The number of fused-ring (bicyclic) bond motifs is 1. The van der Waals surface area contributed by atoms with Crippen LogP contribution in [0.3, 0.4) is 0 Å². The molecule has 0 spiro atoms. The van der Waals surface area contributed by atoms with Gasteiger partial charge in [-0.1, -0.05) is 6.92 Å². The molecule has 0 unspecified atom stereocenters. The molecule has 2 aromatic rings. The Morgan fingerprint density at radius 1 is 1.44 bits per heavy atom. The van der Waals surface area contributed by atoms with E-state index >= 15 is 0 Å². The Kier molecular flexibility index (Phi) is 3.36. The molecule has 0 atom stereocenters. The third-order valence-electron chi connectivity index (χ3n) is 2.27. The lowest BCUT2D eigenvalue weighted by molar-refractivity contribution is 0.296. The van der Waals surface area contributed by atoms with Crippen LogP contribution in [0.4, 0.5) is 0 Å². The molecule has 0 aromatic carbocycles. The highest BCUT2D eigenvalue weighted by Crippen LogP contribution is 2.15. The minimum atomic E-state index is 0.631. The summed E-state index contributed by atoms with van der Waals surface area (Å²) in [5, 5.41) is 7.32. The molecule has 1 N–H and O–H groups in total. The monoisotopic (exact) mass is 220 g/mol. The van der Waals surface area contributed by atoms with E-state index < -0.39 is 0 Å². The number of ether oxygens (including phenoxy) is 1. The molecule has 86 valence electrons. The molecule has 0 fully saturated rings. The Morgan fingerprint density at radius 3 is 3.12 bits per heavy atom. The largest absolute Gasteiger partial charge is 0.476 e. The van der Waals surface area contributed by atoms with Gasteiger partial charge in [-0.15, -0.1) is 0 Å². The van der Waals surface area contributed by atoms with Gasteiger partial charge in [-0.25, -0.2) is 4.98 Å². The quantitative estimate of drug-likeness (QED) is 0.764. The predicted octanol–water partition coefficient (Wildman–Crippen LogP) is 1.03. The summed E-state index contributed by atoms with van der Waals surface area (Å²) in [4.78, 5) is 4.14. The van der Waals surface area contributed by atoms with Gasteiger partial charge in [-0.3, -0.25) is 0 Å². The van der Waals surface area contributed by atoms with Crippen LogP contribution in [0.25, 0.3) is 5.65 Å². The van der Waals surface area contributed by atoms with Crippen molar-refractivity contribution in [3.05, 3.63) is 24.0 Å². The molecule has 0 radical (unpaired) electrons. The van der Waals surface area contributed by atoms with E-state index in [4.69, 9.17) is 4.74 Å². The molecule has 0 aliphatic heterocycles. The molecule has 0 saturated carbocycles. The van der Waals surface area contributed by atoms with E-state index in [1.807, 2.05) is 19.1 Å². The van der Waals surface area contributed by atoms with Gasteiger partial charge in [0.05, 0.1) is 0 Å². The van der Waals surface area contributed by atoms with E-state index in [0.29, 0.717) is 6.61 Å². The lowest BCUT2D eigenvalue weighted by Gasteiger charge is -2.08. The van der Waals surface area contributed by atoms with Crippen molar-refractivity contribution in [3.63, 3.8) is 0 Å². The van der Waals surface area contributed by atoms with Crippen molar-refractivity contribution in [2.24, 2.45) is 0 Å². The normalized spacial score (nSPS) is 10.9. The third kappa shape index (κ3) is 2.30. The minimum Gasteiger partial charge on any atom is -0.476 e. The third-order valence-corrected chi connectivity index (χ3v) is 2.27. The highest BCUT2D eigenvalue weighted by Gasteiger charge is 2.04. The maximum Gasteiger partial charge on any atom is 0.216 e. The van der Waals surface area contributed by atoms with Crippen LogP contribution in [0.15, 0.2) is 18.5 Å². The summed E-state index contributed by atoms with van der Waals surface area (Å²) in [6, 6.07) is 3.94. The average Bonchev–Trinajstić information content (AvgIpc) is 2.72. The number of aromatic nitrogens is 3. The molecule has 0 saturated heterocycles. The first kappa shape index (κ1) is 10.9. The van der Waals surface area contributed by atoms with Gasteiger partial charge in [-0.2, -0.15) is 9.61 Å². The Morgan fingerprint density at radius 2 is 2.31 bits per heavy atom.